The van der Waals surface area contributed by atoms with Crippen LogP contribution in [0.3, 0.4) is 0 Å². The largest absolute Gasteiger partial charge is 0.352 e. The van der Waals surface area contributed by atoms with Gasteiger partial charge in [-0.25, -0.2) is 13.6 Å². The fraction of sp³-hybridized carbons (Fsp3) is 0.300. The molecule has 0 saturated carbocycles. The van der Waals surface area contributed by atoms with Crippen molar-refractivity contribution in [3.8, 4) is 0 Å². The van der Waals surface area contributed by atoms with Crippen LogP contribution in [-0.2, 0) is 10.0 Å². The quantitative estimate of drug-likeness (QED) is 0.806. The number of benzene rings is 1. The lowest BCUT2D eigenvalue weighted by Gasteiger charge is -2.06. The monoisotopic (exact) mass is 310 g/mol. The van der Waals surface area contributed by atoms with E-state index in [2.05, 4.69) is 5.32 Å². The smallest absolute Gasteiger partial charge is 0.252 e. The number of halogens is 2. The molecule has 0 aromatic heterocycles. The van der Waals surface area contributed by atoms with Crippen LogP contribution in [-0.4, -0.2) is 26.6 Å². The van der Waals surface area contributed by atoms with E-state index >= 15 is 0 Å². The van der Waals surface area contributed by atoms with E-state index in [9.17, 15) is 13.2 Å². The summed E-state index contributed by atoms with van der Waals surface area (Å²) < 4.78 is 21.3. The molecule has 1 amide bonds. The van der Waals surface area contributed by atoms with E-state index in [4.69, 9.17) is 28.3 Å². The highest BCUT2D eigenvalue weighted by atomic mass is 35.5. The minimum absolute atomic E-state index is 0.184. The Morgan fingerprint density at radius 1 is 1.33 bits per heavy atom. The van der Waals surface area contributed by atoms with Crippen molar-refractivity contribution < 1.29 is 13.2 Å². The van der Waals surface area contributed by atoms with Crippen molar-refractivity contribution in [3.63, 3.8) is 0 Å². The Kier molecular flexibility index (Phi) is 5.40. The molecule has 0 aliphatic carbocycles. The predicted octanol–water partition coefficient (Wildman–Crippen LogP) is 1.40. The topological polar surface area (TPSA) is 89.3 Å². The first-order valence-electron chi connectivity index (χ1n) is 5.03. The van der Waals surface area contributed by atoms with Gasteiger partial charge >= 0.3 is 0 Å². The van der Waals surface area contributed by atoms with Crippen molar-refractivity contribution in [1.29, 1.82) is 0 Å². The molecule has 0 saturated heterocycles. The fourth-order valence-corrected chi connectivity index (χ4v) is 2.16. The van der Waals surface area contributed by atoms with Gasteiger partial charge in [-0.3, -0.25) is 4.79 Å². The number of carbonyl (C=O) groups excluding carboxylic acids is 1. The zero-order chi connectivity index (χ0) is 13.8. The molecule has 0 heterocycles. The van der Waals surface area contributed by atoms with Crippen LogP contribution in [0, 0.1) is 0 Å². The van der Waals surface area contributed by atoms with Crippen LogP contribution in [0.15, 0.2) is 18.2 Å². The molecular formula is C10H12Cl2N2O3S. The second-order valence-corrected chi connectivity index (χ2v) is 6.18. The van der Waals surface area contributed by atoms with Crippen molar-refractivity contribution in [2.45, 2.75) is 6.42 Å². The van der Waals surface area contributed by atoms with E-state index in [0.717, 1.165) is 0 Å². The lowest BCUT2D eigenvalue weighted by molar-refractivity contribution is 0.0954. The molecule has 5 nitrogen and oxygen atoms in total. The lowest BCUT2D eigenvalue weighted by atomic mass is 10.2. The maximum atomic E-state index is 11.7. The summed E-state index contributed by atoms with van der Waals surface area (Å²) in [4.78, 5) is 11.7. The molecule has 0 bridgehead atoms. The summed E-state index contributed by atoms with van der Waals surface area (Å²) in [5.41, 5.74) is 0.250. The molecule has 100 valence electrons. The zero-order valence-electron chi connectivity index (χ0n) is 9.32. The summed E-state index contributed by atoms with van der Waals surface area (Å²) >= 11 is 11.6. The number of hydrogen-bond donors (Lipinski definition) is 2. The summed E-state index contributed by atoms with van der Waals surface area (Å²) in [6, 6.07) is 4.53. The summed E-state index contributed by atoms with van der Waals surface area (Å²) in [5.74, 6) is -0.590. The summed E-state index contributed by atoms with van der Waals surface area (Å²) in [7, 11) is -3.50. The number of hydrogen-bond acceptors (Lipinski definition) is 3. The van der Waals surface area contributed by atoms with Crippen molar-refractivity contribution in [3.05, 3.63) is 33.8 Å². The Hall–Kier alpha value is -0.820. The Balaban J connectivity index is 2.53. The van der Waals surface area contributed by atoms with Crippen LogP contribution in [0.4, 0.5) is 0 Å². The van der Waals surface area contributed by atoms with Gasteiger partial charge in [-0.15, -0.1) is 0 Å². The van der Waals surface area contributed by atoms with Gasteiger partial charge in [0.05, 0.1) is 16.3 Å². The van der Waals surface area contributed by atoms with E-state index in [0.29, 0.717) is 5.02 Å². The first-order valence-corrected chi connectivity index (χ1v) is 7.50. The minimum atomic E-state index is -3.50. The van der Waals surface area contributed by atoms with Gasteiger partial charge in [-0.2, -0.15) is 0 Å². The van der Waals surface area contributed by atoms with E-state index < -0.39 is 15.9 Å². The Morgan fingerprint density at radius 2 is 2.00 bits per heavy atom. The molecule has 0 aliphatic heterocycles. The number of amides is 1. The van der Waals surface area contributed by atoms with Crippen LogP contribution < -0.4 is 10.5 Å². The first kappa shape index (κ1) is 15.2. The standard InChI is InChI=1S/C10H12Cl2N2O3S/c11-7-2-3-9(12)8(6-7)10(15)14-4-1-5-18(13,16)17/h2-3,6H,1,4-5H2,(H,14,15)(H2,13,16,17). The molecule has 0 spiro atoms. The molecule has 8 heteroatoms. The van der Waals surface area contributed by atoms with Gasteiger partial charge in [0, 0.05) is 11.6 Å². The number of carbonyl (C=O) groups is 1. The highest BCUT2D eigenvalue weighted by Gasteiger charge is 2.10. The van der Waals surface area contributed by atoms with Crippen LogP contribution in [0.25, 0.3) is 0 Å². The van der Waals surface area contributed by atoms with Crippen LogP contribution in [0.1, 0.15) is 16.8 Å². The van der Waals surface area contributed by atoms with Gasteiger partial charge in [0.25, 0.3) is 5.91 Å². The number of nitrogens with two attached hydrogens (primary N) is 1. The molecule has 0 atom stereocenters. The molecule has 0 unspecified atom stereocenters. The third-order valence-corrected chi connectivity index (χ3v) is 3.49. The van der Waals surface area contributed by atoms with E-state index in [1.54, 1.807) is 6.07 Å². The Bertz CT molecular complexity index is 546. The van der Waals surface area contributed by atoms with Gasteiger partial charge in [-0.05, 0) is 24.6 Å². The summed E-state index contributed by atoms with van der Waals surface area (Å²) in [5, 5.41) is 8.04. The molecule has 1 aromatic rings. The molecule has 18 heavy (non-hydrogen) atoms. The van der Waals surface area contributed by atoms with Gasteiger partial charge < -0.3 is 5.32 Å². The van der Waals surface area contributed by atoms with Crippen molar-refractivity contribution in [2.24, 2.45) is 5.14 Å². The molecule has 0 aliphatic rings. The van der Waals surface area contributed by atoms with Gasteiger partial charge in [0.1, 0.15) is 0 Å². The van der Waals surface area contributed by atoms with E-state index in [-0.39, 0.29) is 29.3 Å². The maximum Gasteiger partial charge on any atom is 0.252 e. The Morgan fingerprint density at radius 3 is 2.61 bits per heavy atom. The molecule has 3 N–H and O–H groups in total. The third kappa shape index (κ3) is 5.22. The third-order valence-electron chi connectivity index (χ3n) is 2.06. The molecule has 0 radical (unpaired) electrons. The Labute approximate surface area is 115 Å². The second kappa shape index (κ2) is 6.38. The zero-order valence-corrected chi connectivity index (χ0v) is 11.6. The van der Waals surface area contributed by atoms with E-state index in [1.807, 2.05) is 0 Å². The minimum Gasteiger partial charge on any atom is -0.352 e. The number of rotatable bonds is 5. The van der Waals surface area contributed by atoms with Crippen LogP contribution in [0.5, 0.6) is 0 Å². The van der Waals surface area contributed by atoms with Crippen molar-refractivity contribution >= 4 is 39.1 Å². The van der Waals surface area contributed by atoms with E-state index in [1.165, 1.54) is 12.1 Å². The lowest BCUT2D eigenvalue weighted by Crippen LogP contribution is -2.27. The SMILES string of the molecule is NS(=O)(=O)CCCNC(=O)c1cc(Cl)ccc1Cl. The van der Waals surface area contributed by atoms with Crippen LogP contribution >= 0.6 is 23.2 Å². The highest BCUT2D eigenvalue weighted by molar-refractivity contribution is 7.89. The highest BCUT2D eigenvalue weighted by Crippen LogP contribution is 2.20. The van der Waals surface area contributed by atoms with Crippen LogP contribution in [0.2, 0.25) is 10.0 Å². The maximum absolute atomic E-state index is 11.7. The number of sulfonamides is 1. The average Bonchev–Trinajstić information content (AvgIpc) is 2.26. The normalized spacial score (nSPS) is 11.3. The van der Waals surface area contributed by atoms with Crippen molar-refractivity contribution in [2.75, 3.05) is 12.3 Å². The molecule has 1 aromatic carbocycles. The number of nitrogens with one attached hydrogen (secondary N) is 1. The predicted molar refractivity (Wildman–Crippen MR) is 71.4 cm³/mol. The summed E-state index contributed by atoms with van der Waals surface area (Å²) in [6.45, 7) is 0.193. The summed E-state index contributed by atoms with van der Waals surface area (Å²) in [6.07, 6.45) is 0.239. The fourth-order valence-electron chi connectivity index (χ4n) is 1.24. The van der Waals surface area contributed by atoms with Gasteiger partial charge in [0.2, 0.25) is 10.0 Å². The molecular weight excluding hydrogens is 299 g/mol. The average molecular weight is 311 g/mol. The van der Waals surface area contributed by atoms with Gasteiger partial charge in [-0.1, -0.05) is 23.2 Å². The molecule has 0 fully saturated rings. The first-order chi connectivity index (χ1) is 8.29. The van der Waals surface area contributed by atoms with Gasteiger partial charge in [0.15, 0.2) is 0 Å². The van der Waals surface area contributed by atoms with Crippen molar-refractivity contribution in [1.82, 2.24) is 5.32 Å². The molecule has 1 rings (SSSR count). The number of primary sulfonamides is 1. The second-order valence-electron chi connectivity index (χ2n) is 3.60.